The number of anilines is 1. The van der Waals surface area contributed by atoms with Crippen molar-refractivity contribution >= 4 is 39.1 Å². The molecular formula is C12H9BrF3N3OS. The van der Waals surface area contributed by atoms with Gasteiger partial charge in [-0.3, -0.25) is 4.79 Å². The minimum atomic E-state index is -4.50. The average Bonchev–Trinajstić information content (AvgIpc) is 2.88. The van der Waals surface area contributed by atoms with Crippen LogP contribution in [0.2, 0.25) is 0 Å². The van der Waals surface area contributed by atoms with E-state index in [2.05, 4.69) is 30.8 Å². The first-order chi connectivity index (χ1) is 9.82. The molecule has 1 heterocycles. The highest BCUT2D eigenvalue weighted by atomic mass is 79.9. The number of hydrogen-bond acceptors (Lipinski definition) is 4. The molecule has 0 radical (unpaired) electrons. The van der Waals surface area contributed by atoms with Crippen molar-refractivity contribution < 1.29 is 18.0 Å². The summed E-state index contributed by atoms with van der Waals surface area (Å²) >= 11 is 3.75. The van der Waals surface area contributed by atoms with Gasteiger partial charge in [0.2, 0.25) is 0 Å². The molecule has 0 atom stereocenters. The van der Waals surface area contributed by atoms with E-state index in [9.17, 15) is 18.0 Å². The van der Waals surface area contributed by atoms with Crippen LogP contribution >= 0.6 is 27.5 Å². The number of hydrogen-bond donors (Lipinski definition) is 1. The summed E-state index contributed by atoms with van der Waals surface area (Å²) in [6.45, 7) is 1.81. The van der Waals surface area contributed by atoms with Crippen molar-refractivity contribution in [3.63, 3.8) is 0 Å². The van der Waals surface area contributed by atoms with Crippen molar-refractivity contribution in [2.24, 2.45) is 0 Å². The molecule has 0 saturated carbocycles. The van der Waals surface area contributed by atoms with Gasteiger partial charge in [0.15, 0.2) is 0 Å². The van der Waals surface area contributed by atoms with Crippen LogP contribution in [0.4, 0.5) is 18.9 Å². The molecule has 0 fully saturated rings. The fourth-order valence-electron chi connectivity index (χ4n) is 1.62. The largest absolute Gasteiger partial charge is 0.417 e. The maximum atomic E-state index is 12.8. The number of nitrogens with zero attached hydrogens (tertiary/aromatic N) is 2. The Kier molecular flexibility index (Phi) is 4.62. The van der Waals surface area contributed by atoms with Gasteiger partial charge in [-0.25, -0.2) is 0 Å². The molecule has 0 aliphatic rings. The topological polar surface area (TPSA) is 54.9 Å². The number of aryl methyl sites for hydroxylation is 1. The molecule has 112 valence electrons. The van der Waals surface area contributed by atoms with Crippen LogP contribution in [0.25, 0.3) is 0 Å². The van der Waals surface area contributed by atoms with Gasteiger partial charge in [0.25, 0.3) is 5.91 Å². The summed E-state index contributed by atoms with van der Waals surface area (Å²) in [6.07, 6.45) is -3.98. The van der Waals surface area contributed by atoms with E-state index in [4.69, 9.17) is 0 Å². The van der Waals surface area contributed by atoms with Gasteiger partial charge < -0.3 is 5.32 Å². The highest BCUT2D eigenvalue weighted by Crippen LogP contribution is 2.36. The zero-order valence-corrected chi connectivity index (χ0v) is 13.1. The van der Waals surface area contributed by atoms with Gasteiger partial charge in [0, 0.05) is 10.2 Å². The first-order valence-electron chi connectivity index (χ1n) is 5.82. The average molecular weight is 380 g/mol. The lowest BCUT2D eigenvalue weighted by Crippen LogP contribution is -2.14. The van der Waals surface area contributed by atoms with Crippen LogP contribution < -0.4 is 5.32 Å². The third-order valence-corrected chi connectivity index (χ3v) is 4.08. The molecule has 1 N–H and O–H groups in total. The molecule has 1 amide bonds. The van der Waals surface area contributed by atoms with Crippen molar-refractivity contribution in [1.29, 1.82) is 0 Å². The van der Waals surface area contributed by atoms with Gasteiger partial charge >= 0.3 is 6.18 Å². The monoisotopic (exact) mass is 379 g/mol. The number of carbonyl (C=O) groups is 1. The number of aromatic nitrogens is 2. The van der Waals surface area contributed by atoms with Crippen molar-refractivity contribution in [3.05, 3.63) is 38.8 Å². The van der Waals surface area contributed by atoms with Crippen LogP contribution in [0.5, 0.6) is 0 Å². The van der Waals surface area contributed by atoms with Gasteiger partial charge in [-0.15, -0.1) is 5.10 Å². The zero-order chi connectivity index (χ0) is 15.6. The Morgan fingerprint density at radius 1 is 1.43 bits per heavy atom. The summed E-state index contributed by atoms with van der Waals surface area (Å²) < 4.78 is 42.0. The lowest BCUT2D eigenvalue weighted by Gasteiger charge is -2.11. The molecule has 0 aliphatic carbocycles. The lowest BCUT2D eigenvalue weighted by molar-refractivity contribution is -0.138. The Labute approximate surface area is 130 Å². The minimum Gasteiger partial charge on any atom is -0.321 e. The highest BCUT2D eigenvalue weighted by Gasteiger charge is 2.33. The van der Waals surface area contributed by atoms with Crippen molar-refractivity contribution in [1.82, 2.24) is 9.59 Å². The molecule has 1 aromatic carbocycles. The van der Waals surface area contributed by atoms with Crippen LogP contribution in [0.15, 0.2) is 22.7 Å². The Morgan fingerprint density at radius 2 is 2.14 bits per heavy atom. The predicted molar refractivity (Wildman–Crippen MR) is 76.4 cm³/mol. The number of alkyl halides is 3. The minimum absolute atomic E-state index is 0.0611. The van der Waals surface area contributed by atoms with Gasteiger partial charge in [-0.2, -0.15) is 13.2 Å². The Balaban J connectivity index is 2.26. The first-order valence-corrected chi connectivity index (χ1v) is 7.39. The Hall–Kier alpha value is -1.48. The van der Waals surface area contributed by atoms with Crippen LogP contribution in [-0.4, -0.2) is 15.5 Å². The van der Waals surface area contributed by atoms with Crippen LogP contribution in [-0.2, 0) is 12.6 Å². The smallest absolute Gasteiger partial charge is 0.321 e. The third-order valence-electron chi connectivity index (χ3n) is 2.63. The van der Waals surface area contributed by atoms with E-state index in [0.717, 1.165) is 17.6 Å². The van der Waals surface area contributed by atoms with Gasteiger partial charge in [0.1, 0.15) is 4.88 Å². The molecule has 0 spiro atoms. The molecule has 0 unspecified atom stereocenters. The van der Waals surface area contributed by atoms with E-state index in [0.29, 0.717) is 17.0 Å². The standard InChI is InChI=1S/C12H9BrF3N3OS/c1-2-9-10(21-19-18-9)11(20)17-6-3-4-8(13)7(5-6)12(14,15)16/h3-5H,2H2,1H3,(H,17,20). The Bertz CT molecular complexity index is 672. The molecule has 2 rings (SSSR count). The summed E-state index contributed by atoms with van der Waals surface area (Å²) in [4.78, 5) is 12.3. The fraction of sp³-hybridized carbons (Fsp3) is 0.250. The number of nitrogens with one attached hydrogen (secondary N) is 1. The first kappa shape index (κ1) is 15.9. The highest BCUT2D eigenvalue weighted by molar-refractivity contribution is 9.10. The SMILES string of the molecule is CCc1nnsc1C(=O)Nc1ccc(Br)c(C(F)(F)F)c1. The van der Waals surface area contributed by atoms with E-state index >= 15 is 0 Å². The quantitative estimate of drug-likeness (QED) is 0.871. The second-order valence-corrected chi connectivity index (χ2v) is 5.66. The summed E-state index contributed by atoms with van der Waals surface area (Å²) in [6, 6.07) is 3.50. The summed E-state index contributed by atoms with van der Waals surface area (Å²) in [5.41, 5.74) is -0.268. The second-order valence-electron chi connectivity index (χ2n) is 4.05. The molecule has 2 aromatic rings. The fourth-order valence-corrected chi connectivity index (χ4v) is 2.74. The summed E-state index contributed by atoms with van der Waals surface area (Å²) in [5.74, 6) is -0.516. The number of halogens is 4. The predicted octanol–water partition coefficient (Wildman–Crippen LogP) is 4.13. The van der Waals surface area contributed by atoms with E-state index in [1.54, 1.807) is 0 Å². The maximum absolute atomic E-state index is 12.8. The van der Waals surface area contributed by atoms with Crippen molar-refractivity contribution in [3.8, 4) is 0 Å². The van der Waals surface area contributed by atoms with E-state index < -0.39 is 17.6 Å². The molecular weight excluding hydrogens is 371 g/mol. The Morgan fingerprint density at radius 3 is 2.76 bits per heavy atom. The number of benzene rings is 1. The molecule has 21 heavy (non-hydrogen) atoms. The molecule has 1 aromatic heterocycles. The van der Waals surface area contributed by atoms with E-state index in [1.807, 2.05) is 6.92 Å². The second kappa shape index (κ2) is 6.10. The van der Waals surface area contributed by atoms with Gasteiger partial charge in [-0.05, 0) is 36.2 Å². The normalized spacial score (nSPS) is 11.5. The summed E-state index contributed by atoms with van der Waals surface area (Å²) in [5, 5.41) is 6.22. The molecule has 0 bridgehead atoms. The number of carbonyl (C=O) groups excluding carboxylic acids is 1. The van der Waals surface area contributed by atoms with Crippen LogP contribution in [0.3, 0.4) is 0 Å². The summed E-state index contributed by atoms with van der Waals surface area (Å²) in [7, 11) is 0. The van der Waals surface area contributed by atoms with Gasteiger partial charge in [0.05, 0.1) is 11.3 Å². The number of amides is 1. The van der Waals surface area contributed by atoms with Gasteiger partial charge in [-0.1, -0.05) is 27.3 Å². The van der Waals surface area contributed by atoms with Crippen molar-refractivity contribution in [2.45, 2.75) is 19.5 Å². The molecule has 0 aliphatic heterocycles. The lowest BCUT2D eigenvalue weighted by atomic mass is 10.2. The molecule has 9 heteroatoms. The van der Waals surface area contributed by atoms with Crippen LogP contribution in [0.1, 0.15) is 27.9 Å². The van der Waals surface area contributed by atoms with Crippen molar-refractivity contribution in [2.75, 3.05) is 5.32 Å². The van der Waals surface area contributed by atoms with E-state index in [-0.39, 0.29) is 10.2 Å². The maximum Gasteiger partial charge on any atom is 0.417 e. The van der Waals surface area contributed by atoms with Crippen LogP contribution in [0, 0.1) is 0 Å². The molecule has 4 nitrogen and oxygen atoms in total. The van der Waals surface area contributed by atoms with E-state index in [1.165, 1.54) is 12.1 Å². The molecule has 0 saturated heterocycles. The number of rotatable bonds is 3. The third kappa shape index (κ3) is 3.59. The zero-order valence-electron chi connectivity index (χ0n) is 10.7.